The number of nitrogens with one attached hydrogen (secondary N) is 2. The van der Waals surface area contributed by atoms with E-state index in [0.29, 0.717) is 28.5 Å². The Hall–Kier alpha value is -2.79. The van der Waals surface area contributed by atoms with Crippen LogP contribution < -0.4 is 10.9 Å². The number of anilines is 1. The Labute approximate surface area is 142 Å². The number of carbonyl (C=O) groups is 2. The smallest absolute Gasteiger partial charge is 0.266 e. The zero-order chi connectivity index (χ0) is 17.9. The summed E-state index contributed by atoms with van der Waals surface area (Å²) < 4.78 is 0. The van der Waals surface area contributed by atoms with E-state index in [-0.39, 0.29) is 23.7 Å². The lowest BCUT2D eigenvalue weighted by molar-refractivity contribution is -0.116. The van der Waals surface area contributed by atoms with Crippen molar-refractivity contribution in [3.8, 4) is 6.07 Å². The predicted molar refractivity (Wildman–Crippen MR) is 90.3 cm³/mol. The van der Waals surface area contributed by atoms with Crippen molar-refractivity contribution in [2.45, 2.75) is 33.6 Å². The Morgan fingerprint density at radius 2 is 2.12 bits per heavy atom. The minimum absolute atomic E-state index is 0.0713. The number of hydrogen-bond acceptors (Lipinski definition) is 6. The first-order valence-electron chi connectivity index (χ1n) is 7.22. The van der Waals surface area contributed by atoms with Gasteiger partial charge in [0.2, 0.25) is 5.91 Å². The van der Waals surface area contributed by atoms with Crippen LogP contribution >= 0.6 is 11.3 Å². The molecule has 0 aliphatic rings. The minimum atomic E-state index is -0.416. The largest absolute Gasteiger partial charge is 0.325 e. The number of amides is 1. The fraction of sp³-hybridized carbons (Fsp3) is 0.312. The van der Waals surface area contributed by atoms with Crippen molar-refractivity contribution < 1.29 is 9.59 Å². The third kappa shape index (κ3) is 3.75. The van der Waals surface area contributed by atoms with Crippen LogP contribution in [0.3, 0.4) is 0 Å². The Morgan fingerprint density at radius 1 is 1.42 bits per heavy atom. The molecular weight excluding hydrogens is 328 g/mol. The molecule has 2 N–H and O–H groups in total. The van der Waals surface area contributed by atoms with E-state index >= 15 is 0 Å². The van der Waals surface area contributed by atoms with Gasteiger partial charge in [0.15, 0.2) is 10.9 Å². The van der Waals surface area contributed by atoms with Gasteiger partial charge in [-0.2, -0.15) is 5.26 Å². The molecule has 0 bridgehead atoms. The molecule has 0 radical (unpaired) electrons. The zero-order valence-corrected chi connectivity index (χ0v) is 14.3. The summed E-state index contributed by atoms with van der Waals surface area (Å²) in [7, 11) is 0. The van der Waals surface area contributed by atoms with Gasteiger partial charge in [-0.15, -0.1) is 11.3 Å². The molecule has 0 spiro atoms. The fourth-order valence-corrected chi connectivity index (χ4v) is 3.10. The number of pyridine rings is 1. The monoisotopic (exact) mass is 344 g/mol. The topological polar surface area (TPSA) is 116 Å². The van der Waals surface area contributed by atoms with Gasteiger partial charge in [-0.1, -0.05) is 0 Å². The molecule has 0 aromatic carbocycles. The number of nitrogens with zero attached hydrogens (tertiary/aromatic N) is 2. The molecule has 0 aliphatic heterocycles. The quantitative estimate of drug-likeness (QED) is 0.806. The van der Waals surface area contributed by atoms with Crippen LogP contribution in [0.1, 0.15) is 46.2 Å². The molecule has 0 saturated carbocycles. The van der Waals surface area contributed by atoms with Gasteiger partial charge in [-0.3, -0.25) is 14.4 Å². The Balaban J connectivity index is 2.08. The number of hydrogen-bond donors (Lipinski definition) is 2. The van der Waals surface area contributed by atoms with Crippen LogP contribution in [0.5, 0.6) is 0 Å². The second-order valence-corrected chi connectivity index (χ2v) is 6.17. The highest BCUT2D eigenvalue weighted by molar-refractivity contribution is 7.14. The molecule has 7 nitrogen and oxygen atoms in total. The van der Waals surface area contributed by atoms with Crippen molar-refractivity contribution in [2.24, 2.45) is 0 Å². The Bertz CT molecular complexity index is 905. The summed E-state index contributed by atoms with van der Waals surface area (Å²) in [5, 5.41) is 13.7. The summed E-state index contributed by atoms with van der Waals surface area (Å²) >= 11 is 1.19. The van der Waals surface area contributed by atoms with Crippen molar-refractivity contribution in [1.29, 1.82) is 5.26 Å². The summed E-state index contributed by atoms with van der Waals surface area (Å²) in [6.07, 6.45) is 0.563. The third-order valence-corrected chi connectivity index (χ3v) is 4.39. The zero-order valence-electron chi connectivity index (χ0n) is 13.5. The van der Waals surface area contributed by atoms with Gasteiger partial charge in [-0.25, -0.2) is 4.98 Å². The number of aromatic amines is 1. The van der Waals surface area contributed by atoms with E-state index in [9.17, 15) is 14.4 Å². The molecule has 8 heteroatoms. The van der Waals surface area contributed by atoms with E-state index in [4.69, 9.17) is 5.26 Å². The molecule has 2 aromatic rings. The summed E-state index contributed by atoms with van der Waals surface area (Å²) in [6, 6.07) is 1.89. The first kappa shape index (κ1) is 17.6. The predicted octanol–water partition coefficient (Wildman–Crippen LogP) is 2.09. The average Bonchev–Trinajstić information content (AvgIpc) is 2.95. The molecule has 2 aromatic heterocycles. The summed E-state index contributed by atoms with van der Waals surface area (Å²) in [5.41, 5.74) is 2.01. The fourth-order valence-electron chi connectivity index (χ4n) is 2.33. The molecule has 0 aliphatic carbocycles. The number of Topliss-reactive ketones (excluding diaryl/α,β-unsaturated/α-hetero) is 1. The number of thiazole rings is 1. The van der Waals surface area contributed by atoms with Crippen LogP contribution in [-0.2, 0) is 11.2 Å². The third-order valence-electron chi connectivity index (χ3n) is 3.63. The van der Waals surface area contributed by atoms with Crippen LogP contribution in [0.4, 0.5) is 5.13 Å². The minimum Gasteiger partial charge on any atom is -0.325 e. The lowest BCUT2D eigenvalue weighted by Crippen LogP contribution is -2.18. The van der Waals surface area contributed by atoms with Crippen LogP contribution in [0.2, 0.25) is 0 Å². The molecule has 0 fully saturated rings. The maximum Gasteiger partial charge on any atom is 0.266 e. The Morgan fingerprint density at radius 3 is 2.71 bits per heavy atom. The summed E-state index contributed by atoms with van der Waals surface area (Å²) in [5.74, 6) is -0.404. The van der Waals surface area contributed by atoms with Gasteiger partial charge in [0.05, 0.1) is 0 Å². The highest BCUT2D eigenvalue weighted by Crippen LogP contribution is 2.18. The molecule has 0 saturated heterocycles. The van der Waals surface area contributed by atoms with Gasteiger partial charge < -0.3 is 10.3 Å². The van der Waals surface area contributed by atoms with Gasteiger partial charge in [0.25, 0.3) is 5.56 Å². The first-order valence-corrected chi connectivity index (χ1v) is 8.10. The molecular formula is C16H16N4O3S. The molecule has 0 atom stereocenters. The van der Waals surface area contributed by atoms with Gasteiger partial charge >= 0.3 is 0 Å². The SMILES string of the molecule is CC(=O)c1csc(NC(=O)CCc2c(C)[nH]c(=O)c(C#N)c2C)n1. The van der Waals surface area contributed by atoms with Gasteiger partial charge in [0, 0.05) is 24.4 Å². The first-order chi connectivity index (χ1) is 11.3. The van der Waals surface area contributed by atoms with Gasteiger partial charge in [-0.05, 0) is 31.4 Å². The number of carbonyl (C=O) groups excluding carboxylic acids is 2. The van der Waals surface area contributed by atoms with Crippen molar-refractivity contribution >= 4 is 28.2 Å². The number of H-pyrrole nitrogens is 1. The van der Waals surface area contributed by atoms with Crippen molar-refractivity contribution in [1.82, 2.24) is 9.97 Å². The number of ketones is 1. The van der Waals surface area contributed by atoms with Crippen LogP contribution in [-0.4, -0.2) is 21.7 Å². The van der Waals surface area contributed by atoms with E-state index in [1.807, 2.05) is 6.07 Å². The van der Waals surface area contributed by atoms with Crippen molar-refractivity contribution in [2.75, 3.05) is 5.32 Å². The average molecular weight is 344 g/mol. The molecule has 124 valence electrons. The molecule has 2 heterocycles. The highest BCUT2D eigenvalue weighted by atomic mass is 32.1. The lowest BCUT2D eigenvalue weighted by Gasteiger charge is -2.10. The van der Waals surface area contributed by atoms with Crippen LogP contribution in [0.15, 0.2) is 10.2 Å². The lowest BCUT2D eigenvalue weighted by atomic mass is 9.99. The standard InChI is InChI=1S/C16H16N4O3S/c1-8-11(9(2)18-15(23)12(8)6-17)4-5-14(22)20-16-19-13(7-24-16)10(3)21/h7H,4-5H2,1-3H3,(H,18,23)(H,19,20,22). The molecule has 24 heavy (non-hydrogen) atoms. The summed E-state index contributed by atoms with van der Waals surface area (Å²) in [6.45, 7) is 4.85. The normalized spacial score (nSPS) is 10.2. The van der Waals surface area contributed by atoms with E-state index in [1.165, 1.54) is 18.3 Å². The van der Waals surface area contributed by atoms with E-state index < -0.39 is 5.56 Å². The van der Waals surface area contributed by atoms with Crippen LogP contribution in [0, 0.1) is 25.2 Å². The molecule has 2 rings (SSSR count). The van der Waals surface area contributed by atoms with E-state index in [2.05, 4.69) is 15.3 Å². The number of rotatable bonds is 5. The number of nitriles is 1. The second-order valence-electron chi connectivity index (χ2n) is 5.31. The van der Waals surface area contributed by atoms with Crippen LogP contribution in [0.25, 0.3) is 0 Å². The number of aryl methyl sites for hydroxylation is 1. The molecule has 1 amide bonds. The van der Waals surface area contributed by atoms with E-state index in [1.54, 1.807) is 19.2 Å². The van der Waals surface area contributed by atoms with Crippen molar-refractivity contribution in [3.63, 3.8) is 0 Å². The maximum atomic E-state index is 12.0. The number of aromatic nitrogens is 2. The maximum absolute atomic E-state index is 12.0. The summed E-state index contributed by atoms with van der Waals surface area (Å²) in [4.78, 5) is 41.6. The van der Waals surface area contributed by atoms with Gasteiger partial charge in [0.1, 0.15) is 17.3 Å². The molecule has 0 unspecified atom stereocenters. The second kappa shape index (κ2) is 7.19. The van der Waals surface area contributed by atoms with Crippen molar-refractivity contribution in [3.05, 3.63) is 43.8 Å². The highest BCUT2D eigenvalue weighted by Gasteiger charge is 2.14. The Kier molecular flexibility index (Phi) is 5.26. The van der Waals surface area contributed by atoms with E-state index in [0.717, 1.165) is 5.56 Å².